The zero-order chi connectivity index (χ0) is 26.7. The van der Waals surface area contributed by atoms with E-state index in [9.17, 15) is 14.7 Å². The Morgan fingerprint density at radius 1 is 1.27 bits per heavy atom. The first-order valence-electron chi connectivity index (χ1n) is 12.9. The van der Waals surface area contributed by atoms with Crippen molar-refractivity contribution in [1.29, 1.82) is 0 Å². The van der Waals surface area contributed by atoms with Gasteiger partial charge in [-0.15, -0.1) is 0 Å². The molecule has 2 aliphatic rings. The predicted octanol–water partition coefficient (Wildman–Crippen LogP) is 4.46. The highest BCUT2D eigenvalue weighted by molar-refractivity contribution is 6.72. The largest absolute Gasteiger partial charge is 0.490 e. The third-order valence-electron chi connectivity index (χ3n) is 7.59. The van der Waals surface area contributed by atoms with E-state index in [1.165, 1.54) is 0 Å². The third kappa shape index (κ3) is 5.89. The number of benzene rings is 2. The average molecular weight is 529 g/mol. The lowest BCUT2D eigenvalue weighted by Crippen LogP contribution is -2.48. The van der Waals surface area contributed by atoms with E-state index in [1.807, 2.05) is 55.5 Å². The lowest BCUT2D eigenvalue weighted by Gasteiger charge is -2.43. The molecule has 2 heterocycles. The van der Waals surface area contributed by atoms with Crippen molar-refractivity contribution in [3.8, 4) is 5.75 Å². The van der Waals surface area contributed by atoms with Crippen LogP contribution in [0.3, 0.4) is 0 Å². The second-order valence-corrected chi connectivity index (χ2v) is 14.4. The van der Waals surface area contributed by atoms with E-state index in [0.717, 1.165) is 16.8 Å². The van der Waals surface area contributed by atoms with Crippen LogP contribution in [0.25, 0.3) is 0 Å². The Labute approximate surface area is 219 Å². The number of β-lactam (4-membered cyclic amide) rings is 1. The van der Waals surface area contributed by atoms with E-state index < -0.39 is 20.1 Å². The van der Waals surface area contributed by atoms with Gasteiger partial charge in [0.25, 0.3) is 0 Å². The van der Waals surface area contributed by atoms with Crippen molar-refractivity contribution in [3.05, 3.63) is 59.7 Å². The van der Waals surface area contributed by atoms with Crippen molar-refractivity contribution in [3.63, 3.8) is 0 Å². The Bertz CT molecular complexity index is 1110. The zero-order valence-electron chi connectivity index (χ0n) is 22.0. The van der Waals surface area contributed by atoms with Gasteiger partial charge >= 0.3 is 0 Å². The van der Waals surface area contributed by atoms with Gasteiger partial charge < -0.3 is 28.5 Å². The van der Waals surface area contributed by atoms with Crippen molar-refractivity contribution in [2.24, 2.45) is 5.92 Å². The maximum absolute atomic E-state index is 15.9. The summed E-state index contributed by atoms with van der Waals surface area (Å²) in [7, 11) is -1.76. The van der Waals surface area contributed by atoms with Gasteiger partial charge in [-0.2, -0.15) is 0 Å². The molecule has 4 rings (SSSR count). The third-order valence-corrected chi connectivity index (χ3v) is 9.88. The number of nitrogens with zero attached hydrogens (tertiary/aromatic N) is 2. The summed E-state index contributed by atoms with van der Waals surface area (Å²) in [5.74, 6) is 0.256. The van der Waals surface area contributed by atoms with Crippen molar-refractivity contribution in [2.75, 3.05) is 31.7 Å². The van der Waals surface area contributed by atoms with Gasteiger partial charge in [0.15, 0.2) is 0 Å². The van der Waals surface area contributed by atoms with Gasteiger partial charge in [0.2, 0.25) is 20.2 Å². The molecule has 0 radical (unpaired) electrons. The lowest BCUT2D eigenvalue weighted by molar-refractivity contribution is -0.133. The van der Waals surface area contributed by atoms with Gasteiger partial charge in [-0.05, 0) is 36.9 Å². The second kappa shape index (κ2) is 11.3. The number of aliphatic hydroxyl groups excluding tert-OH is 1. The normalized spacial score (nSPS) is 22.1. The smallest absolute Gasteiger partial charge is 0.248 e. The Balaban J connectivity index is 1.59. The molecular formula is C28H37FN2O5Si. The van der Waals surface area contributed by atoms with Gasteiger partial charge in [0.1, 0.15) is 11.9 Å². The number of amides is 2. The fourth-order valence-electron chi connectivity index (χ4n) is 5.40. The number of carbonyl (C=O) groups excluding carboxylic acids is 2. The summed E-state index contributed by atoms with van der Waals surface area (Å²) in [6.07, 6.45) is -0.387. The highest BCUT2D eigenvalue weighted by Crippen LogP contribution is 2.48. The van der Waals surface area contributed by atoms with E-state index in [4.69, 9.17) is 9.47 Å². The fourth-order valence-corrected chi connectivity index (χ4v) is 7.22. The van der Waals surface area contributed by atoms with Crippen molar-refractivity contribution in [1.82, 2.24) is 4.90 Å². The van der Waals surface area contributed by atoms with Crippen LogP contribution in [0.1, 0.15) is 37.0 Å². The lowest BCUT2D eigenvalue weighted by atomic mass is 9.86. The minimum absolute atomic E-state index is 0.0102. The molecule has 0 aromatic heterocycles. The van der Waals surface area contributed by atoms with Gasteiger partial charge in [0, 0.05) is 62.3 Å². The molecule has 1 fully saturated rings. The van der Waals surface area contributed by atoms with E-state index in [0.29, 0.717) is 25.3 Å². The van der Waals surface area contributed by atoms with E-state index >= 15 is 4.11 Å². The molecule has 7 nitrogen and oxygen atoms in total. The number of halogens is 1. The first-order valence-corrected chi connectivity index (χ1v) is 15.8. The van der Waals surface area contributed by atoms with Gasteiger partial charge in [-0.25, -0.2) is 0 Å². The first-order chi connectivity index (χ1) is 17.6. The number of methoxy groups -OCH3 is 1. The predicted molar refractivity (Wildman–Crippen MR) is 143 cm³/mol. The molecular weight excluding hydrogens is 491 g/mol. The number of hydrogen-bond donors (Lipinski definition) is 1. The van der Waals surface area contributed by atoms with Crippen LogP contribution in [0.2, 0.25) is 18.6 Å². The standard InChI is InChI=1S/C28H37FN2O5Si/c1-19-27(35-2)22-16-21(31-13-12-25(31)33)10-11-23(22)36-28(19)24(37(3,4)29)17-26(34)30(14-15-32)18-20-8-6-5-7-9-20/h5-11,16,19,24,27-28,32H,12-15,17-18H2,1-4H3/t19-,24?,27-,28-/m1/s1. The van der Waals surface area contributed by atoms with Gasteiger partial charge in [0.05, 0.1) is 12.7 Å². The quantitative estimate of drug-likeness (QED) is 0.280. The SMILES string of the molecule is CO[C@H]1c2cc(N3CCC3=O)ccc2O[C@@H](C(CC(=O)N(CCO)Cc2ccccc2)[Si](C)(C)F)[C@@H]1C. The average Bonchev–Trinajstić information content (AvgIpc) is 2.86. The van der Waals surface area contributed by atoms with Crippen LogP contribution < -0.4 is 9.64 Å². The summed E-state index contributed by atoms with van der Waals surface area (Å²) >= 11 is 0. The minimum Gasteiger partial charge on any atom is -0.490 e. The molecule has 1 unspecified atom stereocenters. The molecule has 1 saturated heterocycles. The van der Waals surface area contributed by atoms with Crippen LogP contribution in [-0.2, 0) is 20.9 Å². The number of aliphatic hydroxyl groups is 1. The van der Waals surface area contributed by atoms with Crippen LogP contribution in [0.4, 0.5) is 9.80 Å². The molecule has 200 valence electrons. The monoisotopic (exact) mass is 528 g/mol. The molecule has 0 spiro atoms. The molecule has 2 amide bonds. The van der Waals surface area contributed by atoms with Crippen LogP contribution in [0.15, 0.2) is 48.5 Å². The summed E-state index contributed by atoms with van der Waals surface area (Å²) in [5, 5.41) is 9.60. The number of carbonyl (C=O) groups is 2. The topological polar surface area (TPSA) is 79.3 Å². The summed E-state index contributed by atoms with van der Waals surface area (Å²) in [6, 6.07) is 15.2. The molecule has 1 N–H and O–H groups in total. The Morgan fingerprint density at radius 2 is 2.00 bits per heavy atom. The van der Waals surface area contributed by atoms with E-state index in [2.05, 4.69) is 0 Å². The highest BCUT2D eigenvalue weighted by Gasteiger charge is 2.48. The highest BCUT2D eigenvalue weighted by atomic mass is 28.4. The number of ether oxygens (including phenoxy) is 2. The Morgan fingerprint density at radius 3 is 2.57 bits per heavy atom. The first kappa shape index (κ1) is 27.3. The summed E-state index contributed by atoms with van der Waals surface area (Å²) in [6.45, 7) is 6.25. The molecule has 0 aliphatic carbocycles. The maximum atomic E-state index is 15.9. The summed E-state index contributed by atoms with van der Waals surface area (Å²) < 4.78 is 28.2. The molecule has 2 aromatic rings. The molecule has 9 heteroatoms. The minimum atomic E-state index is -3.38. The van der Waals surface area contributed by atoms with Crippen LogP contribution in [-0.4, -0.2) is 63.1 Å². The molecule has 0 bridgehead atoms. The summed E-state index contributed by atoms with van der Waals surface area (Å²) in [5.41, 5.74) is 1.97. The van der Waals surface area contributed by atoms with Gasteiger partial charge in [-0.1, -0.05) is 37.3 Å². The molecule has 2 aromatic carbocycles. The van der Waals surface area contributed by atoms with Gasteiger partial charge in [-0.3, -0.25) is 9.59 Å². The maximum Gasteiger partial charge on any atom is 0.248 e. The Hall–Kier alpha value is -2.75. The summed E-state index contributed by atoms with van der Waals surface area (Å²) in [4.78, 5) is 28.8. The van der Waals surface area contributed by atoms with Crippen molar-refractivity contribution in [2.45, 2.75) is 57.2 Å². The van der Waals surface area contributed by atoms with E-state index in [1.54, 1.807) is 30.0 Å². The number of anilines is 1. The fraction of sp³-hybridized carbons (Fsp3) is 0.500. The second-order valence-electron chi connectivity index (χ2n) is 10.5. The number of hydrogen-bond acceptors (Lipinski definition) is 5. The number of rotatable bonds is 10. The van der Waals surface area contributed by atoms with Crippen LogP contribution >= 0.6 is 0 Å². The van der Waals surface area contributed by atoms with Crippen LogP contribution in [0.5, 0.6) is 5.75 Å². The molecule has 0 saturated carbocycles. The van der Waals surface area contributed by atoms with Crippen molar-refractivity contribution >= 4 is 25.9 Å². The molecule has 4 atom stereocenters. The van der Waals surface area contributed by atoms with E-state index in [-0.39, 0.29) is 43.4 Å². The Kier molecular flexibility index (Phi) is 8.35. The molecule has 2 aliphatic heterocycles. The number of fused-ring (bicyclic) bond motifs is 1. The van der Waals surface area contributed by atoms with Crippen LogP contribution in [0, 0.1) is 5.92 Å². The van der Waals surface area contributed by atoms with Crippen molar-refractivity contribution < 1.29 is 28.3 Å². The zero-order valence-corrected chi connectivity index (χ0v) is 23.0. The molecule has 37 heavy (non-hydrogen) atoms.